The summed E-state index contributed by atoms with van der Waals surface area (Å²) in [6.07, 6.45) is 6.71. The van der Waals surface area contributed by atoms with Crippen molar-refractivity contribution in [2.24, 2.45) is 0 Å². The second kappa shape index (κ2) is 9.02. The lowest BCUT2D eigenvalue weighted by Crippen LogP contribution is -2.24. The van der Waals surface area contributed by atoms with E-state index >= 15 is 0 Å². The average molecular weight is 526 g/mol. The maximum Gasteiger partial charge on any atom is 0.261 e. The van der Waals surface area contributed by atoms with Gasteiger partial charge in [-0.3, -0.25) is 20.0 Å². The first kappa shape index (κ1) is 23.5. The number of pyridine rings is 3. The summed E-state index contributed by atoms with van der Waals surface area (Å²) in [5.74, 6) is -2.97. The fourth-order valence-corrected chi connectivity index (χ4v) is 5.25. The van der Waals surface area contributed by atoms with Crippen LogP contribution in [0.4, 0.5) is 13.2 Å². The topological polar surface area (TPSA) is 86.4 Å². The summed E-state index contributed by atoms with van der Waals surface area (Å²) in [6.45, 7) is 0.542. The summed E-state index contributed by atoms with van der Waals surface area (Å²) in [4.78, 5) is 18.5. The Morgan fingerprint density at radius 2 is 1.82 bits per heavy atom. The van der Waals surface area contributed by atoms with E-state index in [1.165, 1.54) is 6.07 Å². The predicted molar refractivity (Wildman–Crippen MR) is 142 cm³/mol. The van der Waals surface area contributed by atoms with Gasteiger partial charge in [0.25, 0.3) is 5.92 Å². The number of H-pyrrole nitrogens is 2. The summed E-state index contributed by atoms with van der Waals surface area (Å²) >= 11 is 0. The minimum absolute atomic E-state index is 0.116. The molecule has 1 fully saturated rings. The van der Waals surface area contributed by atoms with Crippen molar-refractivity contribution < 1.29 is 13.2 Å². The summed E-state index contributed by atoms with van der Waals surface area (Å²) in [6, 6.07) is 14.3. The molecular weight excluding hydrogens is 503 g/mol. The lowest BCUT2D eigenvalue weighted by Gasteiger charge is -2.15. The van der Waals surface area contributed by atoms with Crippen molar-refractivity contribution in [3.63, 3.8) is 0 Å². The molecule has 39 heavy (non-hydrogen) atoms. The van der Waals surface area contributed by atoms with Gasteiger partial charge in [-0.2, -0.15) is 5.10 Å². The number of nitrogens with one attached hydrogen (secondary N) is 2. The van der Waals surface area contributed by atoms with Gasteiger partial charge in [-0.25, -0.2) is 18.2 Å². The molecule has 0 spiro atoms. The number of likely N-dealkylation sites (tertiary alicyclic amines) is 1. The standard InChI is InChI=1S/C29H22F3N7/c30-23-4-2-1-3-20(23)26-21-11-25(36-24(21)5-7-34-26)27-22-10-19(14-35-28(22)38-37-27)18-9-17(12-33-13-18)15-39-8-6-29(31,32)16-39/h1-5,7,9-14,36H,6,8,15-16H2,(H,35,37,38). The molecule has 6 heterocycles. The van der Waals surface area contributed by atoms with E-state index in [0.717, 1.165) is 44.4 Å². The van der Waals surface area contributed by atoms with Gasteiger partial charge in [0.2, 0.25) is 0 Å². The molecule has 0 atom stereocenters. The minimum atomic E-state index is -2.63. The van der Waals surface area contributed by atoms with Crippen molar-refractivity contribution in [3.8, 4) is 33.8 Å². The number of hydrogen-bond acceptors (Lipinski definition) is 5. The van der Waals surface area contributed by atoms with Crippen LogP contribution in [0.15, 0.2) is 73.3 Å². The molecule has 1 aliphatic heterocycles. The first-order chi connectivity index (χ1) is 18.9. The highest BCUT2D eigenvalue weighted by Crippen LogP contribution is 2.35. The zero-order chi connectivity index (χ0) is 26.6. The Hall–Kier alpha value is -4.57. The number of aromatic amines is 2. The second-order valence-corrected chi connectivity index (χ2v) is 9.88. The molecule has 5 aromatic heterocycles. The Morgan fingerprint density at radius 3 is 2.67 bits per heavy atom. The van der Waals surface area contributed by atoms with Crippen molar-refractivity contribution in [2.45, 2.75) is 18.9 Å². The van der Waals surface area contributed by atoms with Crippen LogP contribution in [0.25, 0.3) is 55.7 Å². The summed E-state index contributed by atoms with van der Waals surface area (Å²) in [5, 5.41) is 9.03. The van der Waals surface area contributed by atoms with Crippen LogP contribution in [0.2, 0.25) is 0 Å². The molecule has 6 aromatic rings. The van der Waals surface area contributed by atoms with Crippen LogP contribution in [0.1, 0.15) is 12.0 Å². The SMILES string of the molecule is Fc1ccccc1-c1nccc2[nH]c(-c3[nH]nc4ncc(-c5cncc(CN6CCC(F)(F)C6)c5)cc34)cc12. The molecule has 7 nitrogen and oxygen atoms in total. The zero-order valence-electron chi connectivity index (χ0n) is 20.6. The van der Waals surface area contributed by atoms with Crippen LogP contribution < -0.4 is 0 Å². The van der Waals surface area contributed by atoms with Gasteiger partial charge in [-0.1, -0.05) is 12.1 Å². The van der Waals surface area contributed by atoms with Crippen molar-refractivity contribution in [3.05, 3.63) is 84.7 Å². The number of hydrogen-bond donors (Lipinski definition) is 2. The molecule has 1 aromatic carbocycles. The largest absolute Gasteiger partial charge is 0.353 e. The van der Waals surface area contributed by atoms with E-state index in [0.29, 0.717) is 30.0 Å². The highest BCUT2D eigenvalue weighted by Gasteiger charge is 2.37. The van der Waals surface area contributed by atoms with Crippen LogP contribution in [0, 0.1) is 5.82 Å². The Kier molecular flexibility index (Phi) is 5.44. The van der Waals surface area contributed by atoms with Crippen LogP contribution in [0.5, 0.6) is 0 Å². The van der Waals surface area contributed by atoms with Crippen LogP contribution in [-0.4, -0.2) is 54.0 Å². The number of nitrogens with zero attached hydrogens (tertiary/aromatic N) is 5. The van der Waals surface area contributed by atoms with Gasteiger partial charge in [0.1, 0.15) is 5.82 Å². The molecule has 0 radical (unpaired) electrons. The minimum Gasteiger partial charge on any atom is -0.353 e. The fourth-order valence-electron chi connectivity index (χ4n) is 5.25. The van der Waals surface area contributed by atoms with E-state index in [-0.39, 0.29) is 18.8 Å². The van der Waals surface area contributed by atoms with Crippen LogP contribution in [-0.2, 0) is 6.54 Å². The molecule has 0 amide bonds. The Labute approximate surface area is 220 Å². The van der Waals surface area contributed by atoms with Gasteiger partial charge in [0, 0.05) is 77.3 Å². The molecule has 2 N–H and O–H groups in total. The third kappa shape index (κ3) is 4.32. The third-order valence-electron chi connectivity index (χ3n) is 7.14. The van der Waals surface area contributed by atoms with E-state index in [1.54, 1.807) is 47.9 Å². The summed E-state index contributed by atoms with van der Waals surface area (Å²) < 4.78 is 41.8. The summed E-state index contributed by atoms with van der Waals surface area (Å²) in [7, 11) is 0. The molecule has 7 rings (SSSR count). The van der Waals surface area contributed by atoms with Gasteiger partial charge in [0.15, 0.2) is 5.65 Å². The smallest absolute Gasteiger partial charge is 0.261 e. The number of halogens is 3. The van der Waals surface area contributed by atoms with E-state index in [4.69, 9.17) is 0 Å². The molecule has 1 aliphatic rings. The molecule has 0 unspecified atom stereocenters. The Morgan fingerprint density at radius 1 is 0.949 bits per heavy atom. The van der Waals surface area contributed by atoms with Gasteiger partial charge in [-0.05, 0) is 42.0 Å². The van der Waals surface area contributed by atoms with Gasteiger partial charge < -0.3 is 4.98 Å². The number of aromatic nitrogens is 6. The van der Waals surface area contributed by atoms with Crippen LogP contribution in [0.3, 0.4) is 0 Å². The Balaban J connectivity index is 1.25. The van der Waals surface area contributed by atoms with Crippen molar-refractivity contribution >= 4 is 21.9 Å². The quantitative estimate of drug-likeness (QED) is 0.280. The van der Waals surface area contributed by atoms with Crippen molar-refractivity contribution in [1.82, 2.24) is 35.0 Å². The van der Waals surface area contributed by atoms with E-state index < -0.39 is 5.92 Å². The number of rotatable bonds is 5. The molecule has 1 saturated heterocycles. The molecular formula is C29H22F3N7. The number of alkyl halides is 2. The van der Waals surface area contributed by atoms with E-state index in [9.17, 15) is 13.2 Å². The monoisotopic (exact) mass is 525 g/mol. The van der Waals surface area contributed by atoms with Crippen LogP contribution >= 0.6 is 0 Å². The first-order valence-electron chi connectivity index (χ1n) is 12.6. The average Bonchev–Trinajstić information content (AvgIpc) is 3.64. The number of fused-ring (bicyclic) bond motifs is 2. The van der Waals surface area contributed by atoms with Gasteiger partial charge in [-0.15, -0.1) is 0 Å². The molecule has 10 heteroatoms. The fraction of sp³-hybridized carbons (Fsp3) is 0.172. The maximum absolute atomic E-state index is 14.6. The lowest BCUT2D eigenvalue weighted by atomic mass is 10.1. The zero-order valence-corrected chi connectivity index (χ0v) is 20.6. The van der Waals surface area contributed by atoms with Crippen molar-refractivity contribution in [2.75, 3.05) is 13.1 Å². The number of benzene rings is 1. The van der Waals surface area contributed by atoms with Crippen molar-refractivity contribution in [1.29, 1.82) is 0 Å². The highest BCUT2D eigenvalue weighted by atomic mass is 19.3. The van der Waals surface area contributed by atoms with E-state index in [2.05, 4.69) is 30.1 Å². The molecule has 0 saturated carbocycles. The highest BCUT2D eigenvalue weighted by molar-refractivity contribution is 6.00. The molecule has 0 bridgehead atoms. The normalized spacial score (nSPS) is 15.5. The molecule has 194 valence electrons. The molecule has 0 aliphatic carbocycles. The Bertz CT molecular complexity index is 1840. The van der Waals surface area contributed by atoms with Gasteiger partial charge in [0.05, 0.1) is 23.6 Å². The maximum atomic E-state index is 14.6. The predicted octanol–water partition coefficient (Wildman–Crippen LogP) is 6.21. The van der Waals surface area contributed by atoms with Gasteiger partial charge >= 0.3 is 0 Å². The third-order valence-corrected chi connectivity index (χ3v) is 7.14. The first-order valence-corrected chi connectivity index (χ1v) is 12.6. The van der Waals surface area contributed by atoms with E-state index in [1.807, 2.05) is 24.3 Å². The second-order valence-electron chi connectivity index (χ2n) is 9.88. The lowest BCUT2D eigenvalue weighted by molar-refractivity contribution is 0.0115. The summed E-state index contributed by atoms with van der Waals surface area (Å²) in [5.41, 5.74) is 6.36.